The summed E-state index contributed by atoms with van der Waals surface area (Å²) in [4.78, 5) is 18.9. The topological polar surface area (TPSA) is 82.6 Å². The highest BCUT2D eigenvalue weighted by molar-refractivity contribution is 8.00. The summed E-state index contributed by atoms with van der Waals surface area (Å²) in [6.07, 6.45) is 5.87. The minimum atomic E-state index is -3.51. The van der Waals surface area contributed by atoms with Crippen molar-refractivity contribution in [3.05, 3.63) is 18.3 Å². The van der Waals surface area contributed by atoms with Crippen molar-refractivity contribution in [2.45, 2.75) is 53.8 Å². The Hall–Kier alpha value is -1.16. The molecule has 1 aromatic heterocycles. The highest BCUT2D eigenvalue weighted by Crippen LogP contribution is 2.25. The van der Waals surface area contributed by atoms with Crippen LogP contribution in [0.15, 0.2) is 28.3 Å². The maximum absolute atomic E-state index is 12.7. The van der Waals surface area contributed by atoms with Crippen molar-refractivity contribution in [1.29, 1.82) is 0 Å². The van der Waals surface area contributed by atoms with Gasteiger partial charge in [-0.25, -0.2) is 13.4 Å². The molecule has 1 aromatic rings. The highest BCUT2D eigenvalue weighted by atomic mass is 32.2. The fourth-order valence-electron chi connectivity index (χ4n) is 3.39. The van der Waals surface area contributed by atoms with Gasteiger partial charge in [0.25, 0.3) is 0 Å². The third-order valence-corrected chi connectivity index (χ3v) is 8.11. The molecule has 2 aliphatic rings. The zero-order valence-corrected chi connectivity index (χ0v) is 17.6. The molecule has 2 heterocycles. The van der Waals surface area contributed by atoms with E-state index in [1.165, 1.54) is 35.1 Å². The lowest BCUT2D eigenvalue weighted by atomic mass is 10.2. The van der Waals surface area contributed by atoms with Crippen molar-refractivity contribution in [1.82, 2.24) is 19.5 Å². The second-order valence-corrected chi connectivity index (χ2v) is 10.6. The van der Waals surface area contributed by atoms with Gasteiger partial charge in [0, 0.05) is 38.4 Å². The second-order valence-electron chi connectivity index (χ2n) is 7.29. The molecule has 1 saturated heterocycles. The van der Waals surface area contributed by atoms with Gasteiger partial charge in [0.2, 0.25) is 15.9 Å². The van der Waals surface area contributed by atoms with Crippen molar-refractivity contribution < 1.29 is 13.2 Å². The average molecular weight is 413 g/mol. The number of piperazine rings is 1. The Morgan fingerprint density at radius 3 is 2.48 bits per heavy atom. The number of carbonyl (C=O) groups excluding carboxylic acids is 1. The van der Waals surface area contributed by atoms with Crippen molar-refractivity contribution in [2.75, 3.05) is 33.2 Å². The number of carbonyl (C=O) groups is 1. The molecule has 27 heavy (non-hydrogen) atoms. The van der Waals surface area contributed by atoms with Gasteiger partial charge < -0.3 is 10.2 Å². The van der Waals surface area contributed by atoms with Gasteiger partial charge in [0.05, 0.1) is 10.3 Å². The van der Waals surface area contributed by atoms with Crippen LogP contribution in [0.1, 0.15) is 32.6 Å². The Labute approximate surface area is 165 Å². The average Bonchev–Trinajstić information content (AvgIpc) is 3.15. The van der Waals surface area contributed by atoms with Gasteiger partial charge in [0.15, 0.2) is 0 Å². The number of pyridine rings is 1. The van der Waals surface area contributed by atoms with Gasteiger partial charge in [-0.05, 0) is 38.9 Å². The number of nitrogens with one attached hydrogen (secondary N) is 1. The van der Waals surface area contributed by atoms with Crippen LogP contribution in [0.3, 0.4) is 0 Å². The molecule has 1 unspecified atom stereocenters. The van der Waals surface area contributed by atoms with Crippen LogP contribution in [0.25, 0.3) is 0 Å². The molecular formula is C18H28N4O3S2. The van der Waals surface area contributed by atoms with E-state index in [1.54, 1.807) is 12.1 Å². The van der Waals surface area contributed by atoms with E-state index in [0.717, 1.165) is 25.9 Å². The lowest BCUT2D eigenvalue weighted by molar-refractivity contribution is -0.120. The molecule has 9 heteroatoms. The number of thioether (sulfide) groups is 1. The number of aromatic nitrogens is 1. The molecule has 0 radical (unpaired) electrons. The van der Waals surface area contributed by atoms with E-state index >= 15 is 0 Å². The highest BCUT2D eigenvalue weighted by Gasteiger charge is 2.28. The summed E-state index contributed by atoms with van der Waals surface area (Å²) in [5.74, 6) is 0.0165. The van der Waals surface area contributed by atoms with E-state index in [2.05, 4.69) is 15.2 Å². The van der Waals surface area contributed by atoms with E-state index in [9.17, 15) is 13.2 Å². The fourth-order valence-corrected chi connectivity index (χ4v) is 5.56. The van der Waals surface area contributed by atoms with Gasteiger partial charge in [-0.1, -0.05) is 24.6 Å². The molecule has 2 fully saturated rings. The minimum absolute atomic E-state index is 0.0165. The third-order valence-electron chi connectivity index (χ3n) is 5.18. The first-order chi connectivity index (χ1) is 12.9. The molecule has 150 valence electrons. The number of hydrogen-bond acceptors (Lipinski definition) is 6. The van der Waals surface area contributed by atoms with Crippen LogP contribution < -0.4 is 5.32 Å². The molecule has 3 rings (SSSR count). The SMILES string of the molecule is CC(Sc1ccc(S(=O)(=O)N2CCN(C)CC2)cn1)C(=O)NC1CCCC1. The normalized spacial score (nSPS) is 21.3. The lowest BCUT2D eigenvalue weighted by Gasteiger charge is -2.31. The summed E-state index contributed by atoms with van der Waals surface area (Å²) in [5, 5.41) is 3.48. The van der Waals surface area contributed by atoms with Crippen LogP contribution in [0, 0.1) is 0 Å². The maximum atomic E-state index is 12.7. The smallest absolute Gasteiger partial charge is 0.244 e. The zero-order chi connectivity index (χ0) is 19.4. The summed E-state index contributed by atoms with van der Waals surface area (Å²) in [7, 11) is -1.52. The molecule has 0 spiro atoms. The summed E-state index contributed by atoms with van der Waals surface area (Å²) >= 11 is 1.35. The number of nitrogens with zero attached hydrogens (tertiary/aromatic N) is 3. The third kappa shape index (κ3) is 5.22. The van der Waals surface area contributed by atoms with Crippen LogP contribution in [0.5, 0.6) is 0 Å². The molecule has 0 bridgehead atoms. The van der Waals surface area contributed by atoms with E-state index < -0.39 is 10.0 Å². The Bertz CT molecular complexity index is 740. The maximum Gasteiger partial charge on any atom is 0.244 e. The Kier molecular flexibility index (Phi) is 6.78. The molecule has 0 aromatic carbocycles. The van der Waals surface area contributed by atoms with Crippen molar-refractivity contribution in [2.24, 2.45) is 0 Å². The minimum Gasteiger partial charge on any atom is -0.352 e. The van der Waals surface area contributed by atoms with Crippen molar-refractivity contribution >= 4 is 27.7 Å². The fraction of sp³-hybridized carbons (Fsp3) is 0.667. The number of amides is 1. The molecule has 7 nitrogen and oxygen atoms in total. The van der Waals surface area contributed by atoms with Gasteiger partial charge in [-0.3, -0.25) is 4.79 Å². The van der Waals surface area contributed by atoms with Crippen molar-refractivity contribution in [3.63, 3.8) is 0 Å². The standard InChI is InChI=1S/C18H28N4O3S2/c1-14(18(23)20-15-5-3-4-6-15)26-17-8-7-16(13-19-17)27(24,25)22-11-9-21(2)10-12-22/h7-8,13-15H,3-6,9-12H2,1-2H3,(H,20,23). The second kappa shape index (κ2) is 8.89. The molecule has 1 saturated carbocycles. The predicted octanol–water partition coefficient (Wildman–Crippen LogP) is 1.56. The van der Waals surface area contributed by atoms with Gasteiger partial charge in [-0.15, -0.1) is 0 Å². The zero-order valence-electron chi connectivity index (χ0n) is 15.9. The predicted molar refractivity (Wildman–Crippen MR) is 106 cm³/mol. The largest absolute Gasteiger partial charge is 0.352 e. The van der Waals surface area contributed by atoms with Gasteiger partial charge in [-0.2, -0.15) is 4.31 Å². The van der Waals surface area contributed by atoms with E-state index in [1.807, 2.05) is 14.0 Å². The van der Waals surface area contributed by atoms with Crippen LogP contribution >= 0.6 is 11.8 Å². The molecule has 1 N–H and O–H groups in total. The first-order valence-electron chi connectivity index (χ1n) is 9.48. The first kappa shape index (κ1) is 20.6. The molecule has 1 aliphatic carbocycles. The Morgan fingerprint density at radius 1 is 1.22 bits per heavy atom. The van der Waals surface area contributed by atoms with Crippen LogP contribution in [-0.4, -0.2) is 73.0 Å². The summed E-state index contributed by atoms with van der Waals surface area (Å²) in [6, 6.07) is 3.57. The Balaban J connectivity index is 1.58. The molecule has 1 atom stereocenters. The summed E-state index contributed by atoms with van der Waals surface area (Å²) < 4.78 is 27.0. The summed E-state index contributed by atoms with van der Waals surface area (Å²) in [5.41, 5.74) is 0. The Morgan fingerprint density at radius 2 is 1.89 bits per heavy atom. The number of likely N-dealkylation sites (N-methyl/N-ethyl adjacent to an activating group) is 1. The van der Waals surface area contributed by atoms with E-state index in [4.69, 9.17) is 0 Å². The number of hydrogen-bond donors (Lipinski definition) is 1. The van der Waals surface area contributed by atoms with Gasteiger partial charge >= 0.3 is 0 Å². The van der Waals surface area contributed by atoms with Crippen LogP contribution in [-0.2, 0) is 14.8 Å². The van der Waals surface area contributed by atoms with Gasteiger partial charge in [0.1, 0.15) is 4.90 Å². The number of sulfonamides is 1. The first-order valence-corrected chi connectivity index (χ1v) is 11.8. The lowest BCUT2D eigenvalue weighted by Crippen LogP contribution is -2.47. The van der Waals surface area contributed by atoms with E-state index in [0.29, 0.717) is 24.2 Å². The monoisotopic (exact) mass is 412 g/mol. The van der Waals surface area contributed by atoms with Crippen LogP contribution in [0.4, 0.5) is 0 Å². The van der Waals surface area contributed by atoms with Crippen LogP contribution in [0.2, 0.25) is 0 Å². The summed E-state index contributed by atoms with van der Waals surface area (Å²) in [6.45, 7) is 4.30. The molecule has 1 aliphatic heterocycles. The van der Waals surface area contributed by atoms with E-state index in [-0.39, 0.29) is 16.1 Å². The number of rotatable bonds is 6. The molecular weight excluding hydrogens is 384 g/mol. The van der Waals surface area contributed by atoms with Crippen molar-refractivity contribution in [3.8, 4) is 0 Å². The molecule has 1 amide bonds. The quantitative estimate of drug-likeness (QED) is 0.714.